The predicted octanol–water partition coefficient (Wildman–Crippen LogP) is 5.54. The second-order valence-electron chi connectivity index (χ2n) is 7.93. The smallest absolute Gasteiger partial charge is 0.321 e. The van der Waals surface area contributed by atoms with Gasteiger partial charge in [0.1, 0.15) is 5.75 Å². The van der Waals surface area contributed by atoms with E-state index in [0.717, 1.165) is 25.9 Å². The van der Waals surface area contributed by atoms with Crippen molar-refractivity contribution in [2.45, 2.75) is 45.1 Å². The summed E-state index contributed by atoms with van der Waals surface area (Å²) in [5.74, 6) is 0.282. The highest BCUT2D eigenvalue weighted by Gasteiger charge is 2.30. The van der Waals surface area contributed by atoms with Crippen molar-refractivity contribution < 1.29 is 14.3 Å². The highest BCUT2D eigenvalue weighted by molar-refractivity contribution is 6.30. The number of likely N-dealkylation sites (tertiary alicyclic amines) is 1. The van der Waals surface area contributed by atoms with E-state index in [4.69, 9.17) is 16.3 Å². The number of halogens is 1. The topological polar surface area (TPSA) is 70.7 Å². The van der Waals surface area contributed by atoms with E-state index >= 15 is 0 Å². The molecule has 1 fully saturated rings. The van der Waals surface area contributed by atoms with Crippen LogP contribution in [-0.4, -0.2) is 35.5 Å². The normalized spacial score (nSPS) is 14.6. The Kier molecular flexibility index (Phi) is 7.21. The summed E-state index contributed by atoms with van der Waals surface area (Å²) in [5.41, 5.74) is 0.243. The molecule has 0 bridgehead atoms. The van der Waals surface area contributed by atoms with Crippen LogP contribution < -0.4 is 15.4 Å². The van der Waals surface area contributed by atoms with Gasteiger partial charge in [0, 0.05) is 29.5 Å². The van der Waals surface area contributed by atoms with Gasteiger partial charge >= 0.3 is 6.03 Å². The minimum absolute atomic E-state index is 0.0776. The second-order valence-corrected chi connectivity index (χ2v) is 8.37. The van der Waals surface area contributed by atoms with Crippen molar-refractivity contribution >= 4 is 34.9 Å². The molecule has 30 heavy (non-hydrogen) atoms. The monoisotopic (exact) mass is 429 g/mol. The molecule has 6 nitrogen and oxygen atoms in total. The SMILES string of the molecule is CC(C)(Oc1ccc(Cl)cc1)C(=O)Nc1ccc(NC(=O)N2CCCCCC2)cc1. The number of hydrogen-bond acceptors (Lipinski definition) is 3. The van der Waals surface area contributed by atoms with Crippen LogP contribution in [0.1, 0.15) is 39.5 Å². The molecule has 160 valence electrons. The molecule has 3 rings (SSSR count). The fraction of sp³-hybridized carbons (Fsp3) is 0.391. The number of nitrogens with zero attached hydrogens (tertiary/aromatic N) is 1. The van der Waals surface area contributed by atoms with E-state index in [9.17, 15) is 9.59 Å². The predicted molar refractivity (Wildman–Crippen MR) is 120 cm³/mol. The van der Waals surface area contributed by atoms with Crippen molar-refractivity contribution in [3.8, 4) is 5.75 Å². The summed E-state index contributed by atoms with van der Waals surface area (Å²) in [7, 11) is 0. The number of hydrogen-bond donors (Lipinski definition) is 2. The first-order valence-electron chi connectivity index (χ1n) is 10.3. The number of benzene rings is 2. The van der Waals surface area contributed by atoms with Gasteiger partial charge in [-0.15, -0.1) is 0 Å². The van der Waals surface area contributed by atoms with Gasteiger partial charge in [-0.1, -0.05) is 24.4 Å². The first-order chi connectivity index (χ1) is 14.3. The molecule has 0 saturated carbocycles. The van der Waals surface area contributed by atoms with Crippen molar-refractivity contribution in [1.82, 2.24) is 4.90 Å². The van der Waals surface area contributed by atoms with Crippen molar-refractivity contribution in [3.05, 3.63) is 53.6 Å². The number of rotatable bonds is 5. The number of carbonyl (C=O) groups is 2. The van der Waals surface area contributed by atoms with Gasteiger partial charge in [0.2, 0.25) is 0 Å². The lowest BCUT2D eigenvalue weighted by Crippen LogP contribution is -2.42. The molecule has 0 unspecified atom stereocenters. The summed E-state index contributed by atoms with van der Waals surface area (Å²) in [6.45, 7) is 4.99. The maximum Gasteiger partial charge on any atom is 0.321 e. The third kappa shape index (κ3) is 6.13. The number of amides is 3. The van der Waals surface area contributed by atoms with E-state index in [0.29, 0.717) is 22.1 Å². The van der Waals surface area contributed by atoms with E-state index in [2.05, 4.69) is 10.6 Å². The molecule has 1 heterocycles. The van der Waals surface area contributed by atoms with E-state index < -0.39 is 5.60 Å². The lowest BCUT2D eigenvalue weighted by molar-refractivity contribution is -0.128. The zero-order valence-electron chi connectivity index (χ0n) is 17.4. The largest absolute Gasteiger partial charge is 0.478 e. The minimum Gasteiger partial charge on any atom is -0.478 e. The second kappa shape index (κ2) is 9.85. The molecule has 0 aliphatic carbocycles. The Morgan fingerprint density at radius 3 is 1.97 bits per heavy atom. The van der Waals surface area contributed by atoms with E-state index in [1.54, 1.807) is 62.4 Å². The fourth-order valence-electron chi connectivity index (χ4n) is 3.24. The van der Waals surface area contributed by atoms with Crippen LogP contribution in [0.25, 0.3) is 0 Å². The Hall–Kier alpha value is -2.73. The Morgan fingerprint density at radius 1 is 0.867 bits per heavy atom. The van der Waals surface area contributed by atoms with Crippen molar-refractivity contribution in [2.75, 3.05) is 23.7 Å². The van der Waals surface area contributed by atoms with Gasteiger partial charge in [0.15, 0.2) is 5.60 Å². The summed E-state index contributed by atoms with van der Waals surface area (Å²) in [4.78, 5) is 27.0. The lowest BCUT2D eigenvalue weighted by atomic mass is 10.1. The van der Waals surface area contributed by atoms with Gasteiger partial charge in [0.25, 0.3) is 5.91 Å². The van der Waals surface area contributed by atoms with Crippen LogP contribution in [0.4, 0.5) is 16.2 Å². The summed E-state index contributed by atoms with van der Waals surface area (Å²) >= 11 is 5.88. The molecule has 1 aliphatic rings. The van der Waals surface area contributed by atoms with E-state index in [1.165, 1.54) is 12.8 Å². The Labute approximate surface area is 182 Å². The quantitative estimate of drug-likeness (QED) is 0.655. The zero-order chi connectivity index (χ0) is 21.6. The summed E-state index contributed by atoms with van der Waals surface area (Å²) in [6, 6.07) is 13.9. The minimum atomic E-state index is -1.08. The number of urea groups is 1. The first-order valence-corrected chi connectivity index (χ1v) is 10.6. The average Bonchev–Trinajstić information content (AvgIpc) is 3.01. The van der Waals surface area contributed by atoms with Crippen molar-refractivity contribution in [1.29, 1.82) is 0 Å². The van der Waals surface area contributed by atoms with Crippen LogP contribution in [0.2, 0.25) is 5.02 Å². The van der Waals surface area contributed by atoms with Crippen LogP contribution >= 0.6 is 11.6 Å². The number of ether oxygens (including phenoxy) is 1. The van der Waals surface area contributed by atoms with Crippen molar-refractivity contribution in [3.63, 3.8) is 0 Å². The first kappa shape index (κ1) is 22.0. The molecule has 0 atom stereocenters. The van der Waals surface area contributed by atoms with Crippen LogP contribution in [-0.2, 0) is 4.79 Å². The molecular formula is C23H28ClN3O3. The standard InChI is InChI=1S/C23H28ClN3O3/c1-23(2,30-20-13-7-17(24)8-14-20)21(28)25-18-9-11-19(12-10-18)26-22(29)27-15-5-3-4-6-16-27/h7-14H,3-6,15-16H2,1-2H3,(H,25,28)(H,26,29). The molecular weight excluding hydrogens is 402 g/mol. The third-order valence-electron chi connectivity index (χ3n) is 5.02. The van der Waals surface area contributed by atoms with Crippen LogP contribution in [0.5, 0.6) is 5.75 Å². The van der Waals surface area contributed by atoms with Gasteiger partial charge in [-0.3, -0.25) is 4.79 Å². The Morgan fingerprint density at radius 2 is 1.40 bits per heavy atom. The Balaban J connectivity index is 1.55. The number of anilines is 2. The molecule has 3 amide bonds. The molecule has 2 aromatic carbocycles. The highest BCUT2D eigenvalue weighted by Crippen LogP contribution is 2.23. The lowest BCUT2D eigenvalue weighted by Gasteiger charge is -2.25. The van der Waals surface area contributed by atoms with Crippen LogP contribution in [0, 0.1) is 0 Å². The van der Waals surface area contributed by atoms with E-state index in [-0.39, 0.29) is 11.9 Å². The molecule has 1 saturated heterocycles. The van der Waals surface area contributed by atoms with E-state index in [1.807, 2.05) is 4.90 Å². The molecule has 7 heteroatoms. The fourth-order valence-corrected chi connectivity index (χ4v) is 3.36. The van der Waals surface area contributed by atoms with Crippen LogP contribution in [0.3, 0.4) is 0 Å². The molecule has 2 aromatic rings. The van der Waals surface area contributed by atoms with Gasteiger partial charge in [-0.25, -0.2) is 4.79 Å². The summed E-state index contributed by atoms with van der Waals surface area (Å²) in [5, 5.41) is 6.38. The molecule has 0 spiro atoms. The Bertz CT molecular complexity index is 858. The van der Waals surface area contributed by atoms with Gasteiger partial charge < -0.3 is 20.3 Å². The average molecular weight is 430 g/mol. The maximum atomic E-state index is 12.7. The molecule has 0 aromatic heterocycles. The number of nitrogens with one attached hydrogen (secondary N) is 2. The molecule has 1 aliphatic heterocycles. The molecule has 2 N–H and O–H groups in total. The van der Waals surface area contributed by atoms with Gasteiger partial charge in [-0.2, -0.15) is 0 Å². The van der Waals surface area contributed by atoms with Gasteiger partial charge in [0.05, 0.1) is 0 Å². The van der Waals surface area contributed by atoms with Gasteiger partial charge in [-0.05, 0) is 75.2 Å². The maximum absolute atomic E-state index is 12.7. The van der Waals surface area contributed by atoms with Crippen LogP contribution in [0.15, 0.2) is 48.5 Å². The summed E-state index contributed by atoms with van der Waals surface area (Å²) < 4.78 is 5.81. The zero-order valence-corrected chi connectivity index (χ0v) is 18.2. The molecule has 0 radical (unpaired) electrons. The summed E-state index contributed by atoms with van der Waals surface area (Å²) in [6.07, 6.45) is 4.45. The highest BCUT2D eigenvalue weighted by atomic mass is 35.5. The third-order valence-corrected chi connectivity index (χ3v) is 5.27. The van der Waals surface area contributed by atoms with Crippen molar-refractivity contribution in [2.24, 2.45) is 0 Å². The number of carbonyl (C=O) groups excluding carboxylic acids is 2.